The largest absolute Gasteiger partial charge is 0.394 e. The normalized spacial score (nSPS) is 12.6. The smallest absolute Gasteiger partial charge is 0.148 e. The number of hydrazine groups is 1. The molecule has 0 spiro atoms. The van der Waals surface area contributed by atoms with E-state index in [1.54, 1.807) is 0 Å². The Kier molecular flexibility index (Phi) is 5.80. The zero-order valence-electron chi connectivity index (χ0n) is 11.3. The van der Waals surface area contributed by atoms with E-state index in [9.17, 15) is 5.11 Å². The van der Waals surface area contributed by atoms with E-state index < -0.39 is 0 Å². The number of nitrogens with two attached hydrogens (primary N) is 1. The van der Waals surface area contributed by atoms with Crippen LogP contribution in [-0.2, 0) is 6.42 Å². The molecule has 0 saturated carbocycles. The van der Waals surface area contributed by atoms with E-state index in [0.29, 0.717) is 11.7 Å². The van der Waals surface area contributed by atoms with E-state index in [2.05, 4.69) is 41.5 Å². The number of aliphatic hydroxyl groups is 1. The van der Waals surface area contributed by atoms with E-state index in [1.807, 2.05) is 0 Å². The van der Waals surface area contributed by atoms with Crippen molar-refractivity contribution in [2.75, 3.05) is 17.3 Å². The molecule has 0 aliphatic rings. The molecule has 0 fully saturated rings. The van der Waals surface area contributed by atoms with Crippen molar-refractivity contribution in [3.05, 3.63) is 11.9 Å². The molecule has 1 unspecified atom stereocenters. The van der Waals surface area contributed by atoms with Gasteiger partial charge in [0.1, 0.15) is 18.0 Å². The minimum Gasteiger partial charge on any atom is -0.394 e. The van der Waals surface area contributed by atoms with Crippen LogP contribution in [0, 0.1) is 5.92 Å². The zero-order valence-corrected chi connectivity index (χ0v) is 11.3. The molecule has 0 aliphatic carbocycles. The molecule has 102 valence electrons. The molecule has 0 bridgehead atoms. The highest BCUT2D eigenvalue weighted by atomic mass is 16.3. The maximum atomic E-state index is 9.36. The predicted octanol–water partition coefficient (Wildman–Crippen LogP) is 1.14. The van der Waals surface area contributed by atoms with Crippen LogP contribution < -0.4 is 16.6 Å². The van der Waals surface area contributed by atoms with Crippen molar-refractivity contribution < 1.29 is 5.11 Å². The van der Waals surface area contributed by atoms with Gasteiger partial charge in [0.25, 0.3) is 0 Å². The van der Waals surface area contributed by atoms with Crippen LogP contribution in [0.1, 0.15) is 32.8 Å². The second-order valence-corrected chi connectivity index (χ2v) is 4.62. The summed E-state index contributed by atoms with van der Waals surface area (Å²) in [4.78, 5) is 8.35. The Morgan fingerprint density at radius 2 is 2.00 bits per heavy atom. The average molecular weight is 253 g/mol. The van der Waals surface area contributed by atoms with Crippen molar-refractivity contribution >= 4 is 11.6 Å². The lowest BCUT2D eigenvalue weighted by Crippen LogP contribution is -2.30. The molecule has 1 aromatic heterocycles. The van der Waals surface area contributed by atoms with Crippen molar-refractivity contribution in [3.63, 3.8) is 0 Å². The molecule has 1 aromatic rings. The number of nitrogen functional groups attached to an aromatic ring is 1. The van der Waals surface area contributed by atoms with Crippen LogP contribution in [0.4, 0.5) is 11.6 Å². The number of hydrogen-bond donors (Lipinski definition) is 4. The first-order valence-corrected chi connectivity index (χ1v) is 6.31. The van der Waals surface area contributed by atoms with Gasteiger partial charge >= 0.3 is 0 Å². The van der Waals surface area contributed by atoms with Gasteiger partial charge in [-0.1, -0.05) is 27.2 Å². The molecule has 0 saturated heterocycles. The Balaban J connectivity index is 2.99. The summed E-state index contributed by atoms with van der Waals surface area (Å²) in [7, 11) is 0. The van der Waals surface area contributed by atoms with Gasteiger partial charge in [0, 0.05) is 5.56 Å². The first-order chi connectivity index (χ1) is 8.63. The van der Waals surface area contributed by atoms with Crippen molar-refractivity contribution in [1.29, 1.82) is 0 Å². The summed E-state index contributed by atoms with van der Waals surface area (Å²) in [6, 6.07) is -0.0267. The summed E-state index contributed by atoms with van der Waals surface area (Å²) in [5.74, 6) is 7.15. The van der Waals surface area contributed by atoms with E-state index in [0.717, 1.165) is 24.2 Å². The summed E-state index contributed by atoms with van der Waals surface area (Å²) in [6.07, 6.45) is 3.27. The maximum Gasteiger partial charge on any atom is 0.148 e. The highest BCUT2D eigenvalue weighted by molar-refractivity contribution is 5.57. The van der Waals surface area contributed by atoms with Crippen molar-refractivity contribution in [3.8, 4) is 0 Å². The van der Waals surface area contributed by atoms with E-state index in [4.69, 9.17) is 5.84 Å². The number of anilines is 2. The Morgan fingerprint density at radius 3 is 2.50 bits per heavy atom. The Hall–Kier alpha value is -1.40. The van der Waals surface area contributed by atoms with Crippen molar-refractivity contribution in [1.82, 2.24) is 9.97 Å². The minimum absolute atomic E-state index is 0.0267. The fraction of sp³-hybridized carbons (Fsp3) is 0.667. The van der Waals surface area contributed by atoms with Crippen LogP contribution in [0.15, 0.2) is 6.33 Å². The number of rotatable bonds is 7. The molecule has 0 aromatic carbocycles. The summed E-state index contributed by atoms with van der Waals surface area (Å²) < 4.78 is 0. The summed E-state index contributed by atoms with van der Waals surface area (Å²) in [5.41, 5.74) is 3.55. The third kappa shape index (κ3) is 3.54. The quantitative estimate of drug-likeness (QED) is 0.430. The van der Waals surface area contributed by atoms with Crippen LogP contribution in [-0.4, -0.2) is 27.7 Å². The molecule has 6 heteroatoms. The SMILES string of the molecule is CCCc1c(NN)ncnc1NC(CO)C(C)C. The molecule has 1 rings (SSSR count). The van der Waals surface area contributed by atoms with Gasteiger partial charge in [0.15, 0.2) is 0 Å². The van der Waals surface area contributed by atoms with Crippen molar-refractivity contribution in [2.24, 2.45) is 11.8 Å². The van der Waals surface area contributed by atoms with Gasteiger partial charge in [0.05, 0.1) is 12.6 Å². The first-order valence-electron chi connectivity index (χ1n) is 6.31. The predicted molar refractivity (Wildman–Crippen MR) is 73.2 cm³/mol. The van der Waals surface area contributed by atoms with Gasteiger partial charge in [-0.05, 0) is 12.3 Å². The zero-order chi connectivity index (χ0) is 13.5. The monoisotopic (exact) mass is 253 g/mol. The first kappa shape index (κ1) is 14.7. The number of aliphatic hydroxyl groups excluding tert-OH is 1. The van der Waals surface area contributed by atoms with Gasteiger partial charge in [-0.2, -0.15) is 0 Å². The molecule has 1 atom stereocenters. The summed E-state index contributed by atoms with van der Waals surface area (Å²) >= 11 is 0. The second-order valence-electron chi connectivity index (χ2n) is 4.62. The molecule has 0 aliphatic heterocycles. The third-order valence-corrected chi connectivity index (χ3v) is 2.91. The highest BCUT2D eigenvalue weighted by Crippen LogP contribution is 2.22. The lowest BCUT2D eigenvalue weighted by Gasteiger charge is -2.22. The third-order valence-electron chi connectivity index (χ3n) is 2.91. The summed E-state index contributed by atoms with van der Waals surface area (Å²) in [6.45, 7) is 6.26. The lowest BCUT2D eigenvalue weighted by molar-refractivity contribution is 0.249. The van der Waals surface area contributed by atoms with Gasteiger partial charge in [-0.3, -0.25) is 0 Å². The van der Waals surface area contributed by atoms with Gasteiger partial charge in [-0.15, -0.1) is 0 Å². The van der Waals surface area contributed by atoms with Crippen LogP contribution in [0.2, 0.25) is 0 Å². The molecule has 0 radical (unpaired) electrons. The minimum atomic E-state index is -0.0267. The Labute approximate surface area is 108 Å². The average Bonchev–Trinajstić information content (AvgIpc) is 2.37. The van der Waals surface area contributed by atoms with Crippen LogP contribution in [0.25, 0.3) is 0 Å². The van der Waals surface area contributed by atoms with E-state index in [-0.39, 0.29) is 12.6 Å². The van der Waals surface area contributed by atoms with E-state index in [1.165, 1.54) is 6.33 Å². The Bertz CT molecular complexity index is 369. The van der Waals surface area contributed by atoms with Crippen LogP contribution >= 0.6 is 0 Å². The second kappa shape index (κ2) is 7.13. The standard InChI is InChI=1S/C12H23N5O/c1-4-5-9-11(14-7-15-12(9)17-13)16-10(6-18)8(2)3/h7-8,10,18H,4-6,13H2,1-3H3,(H2,14,15,16,17). The van der Waals surface area contributed by atoms with E-state index >= 15 is 0 Å². The Morgan fingerprint density at radius 1 is 1.33 bits per heavy atom. The topological polar surface area (TPSA) is 96.1 Å². The van der Waals surface area contributed by atoms with Gasteiger partial charge < -0.3 is 15.8 Å². The fourth-order valence-corrected chi connectivity index (χ4v) is 1.75. The molecule has 0 amide bonds. The molecular weight excluding hydrogens is 230 g/mol. The summed E-state index contributed by atoms with van der Waals surface area (Å²) in [5, 5.41) is 12.6. The highest BCUT2D eigenvalue weighted by Gasteiger charge is 2.16. The van der Waals surface area contributed by atoms with Gasteiger partial charge in [0.2, 0.25) is 0 Å². The number of nitrogens with one attached hydrogen (secondary N) is 2. The molecular formula is C12H23N5O. The van der Waals surface area contributed by atoms with Crippen LogP contribution in [0.3, 0.4) is 0 Å². The molecule has 1 heterocycles. The lowest BCUT2D eigenvalue weighted by atomic mass is 10.0. The number of hydrogen-bond acceptors (Lipinski definition) is 6. The van der Waals surface area contributed by atoms with Crippen LogP contribution in [0.5, 0.6) is 0 Å². The fourth-order valence-electron chi connectivity index (χ4n) is 1.75. The number of nitrogens with zero attached hydrogens (tertiary/aromatic N) is 2. The van der Waals surface area contributed by atoms with Gasteiger partial charge in [-0.25, -0.2) is 15.8 Å². The number of aromatic nitrogens is 2. The molecule has 5 N–H and O–H groups in total. The molecule has 6 nitrogen and oxygen atoms in total. The van der Waals surface area contributed by atoms with Crippen molar-refractivity contribution in [2.45, 2.75) is 39.7 Å². The molecule has 18 heavy (non-hydrogen) atoms. The maximum absolute atomic E-state index is 9.36.